The SMILES string of the molecule is O=C(O)C1CC(O)CN1C(=O)c1cc(Br)ccc1F. The summed E-state index contributed by atoms with van der Waals surface area (Å²) in [5.74, 6) is -2.67. The van der Waals surface area contributed by atoms with E-state index >= 15 is 0 Å². The molecular formula is C12H11BrFNO4. The maximum atomic E-state index is 13.6. The highest BCUT2D eigenvalue weighted by Gasteiger charge is 2.39. The summed E-state index contributed by atoms with van der Waals surface area (Å²) in [6.07, 6.45) is -0.947. The van der Waals surface area contributed by atoms with E-state index in [1.165, 1.54) is 12.1 Å². The van der Waals surface area contributed by atoms with Crippen LogP contribution in [0.4, 0.5) is 4.39 Å². The third-order valence-electron chi connectivity index (χ3n) is 2.98. The number of aliphatic carboxylic acids is 1. The first-order valence-corrected chi connectivity index (χ1v) is 6.36. The van der Waals surface area contributed by atoms with E-state index in [2.05, 4.69) is 15.9 Å². The monoisotopic (exact) mass is 331 g/mol. The number of halogens is 2. The Labute approximate surface area is 116 Å². The second-order valence-electron chi connectivity index (χ2n) is 4.33. The molecule has 0 spiro atoms. The predicted molar refractivity (Wildman–Crippen MR) is 67.2 cm³/mol. The number of carbonyl (C=O) groups excluding carboxylic acids is 1. The molecule has 19 heavy (non-hydrogen) atoms. The van der Waals surface area contributed by atoms with Crippen LogP contribution in [0.3, 0.4) is 0 Å². The average Bonchev–Trinajstić information content (AvgIpc) is 2.74. The lowest BCUT2D eigenvalue weighted by molar-refractivity contribution is -0.141. The molecule has 1 aliphatic rings. The summed E-state index contributed by atoms with van der Waals surface area (Å²) >= 11 is 3.13. The molecule has 1 amide bonds. The zero-order valence-electron chi connectivity index (χ0n) is 9.72. The molecule has 1 aliphatic heterocycles. The molecule has 1 aromatic rings. The van der Waals surface area contributed by atoms with E-state index in [-0.39, 0.29) is 18.5 Å². The van der Waals surface area contributed by atoms with Gasteiger partial charge in [0.1, 0.15) is 11.9 Å². The molecule has 0 radical (unpaired) electrons. The van der Waals surface area contributed by atoms with Crippen molar-refractivity contribution in [2.24, 2.45) is 0 Å². The molecule has 1 heterocycles. The van der Waals surface area contributed by atoms with Crippen molar-refractivity contribution in [3.63, 3.8) is 0 Å². The molecule has 2 rings (SSSR count). The summed E-state index contributed by atoms with van der Waals surface area (Å²) in [4.78, 5) is 24.2. The zero-order valence-corrected chi connectivity index (χ0v) is 11.3. The normalized spacial score (nSPS) is 22.6. The average molecular weight is 332 g/mol. The number of likely N-dealkylation sites (tertiary alicyclic amines) is 1. The maximum Gasteiger partial charge on any atom is 0.326 e. The van der Waals surface area contributed by atoms with E-state index in [9.17, 15) is 19.1 Å². The largest absolute Gasteiger partial charge is 0.480 e. The number of amides is 1. The lowest BCUT2D eigenvalue weighted by Gasteiger charge is -2.21. The molecule has 0 saturated carbocycles. The Morgan fingerprint density at radius 3 is 2.74 bits per heavy atom. The number of aliphatic hydroxyl groups is 1. The number of rotatable bonds is 2. The first-order chi connectivity index (χ1) is 8.90. The van der Waals surface area contributed by atoms with Gasteiger partial charge < -0.3 is 15.1 Å². The first kappa shape index (κ1) is 14.0. The van der Waals surface area contributed by atoms with Gasteiger partial charge in [-0.25, -0.2) is 9.18 Å². The van der Waals surface area contributed by atoms with Crippen molar-refractivity contribution in [2.45, 2.75) is 18.6 Å². The summed E-state index contributed by atoms with van der Waals surface area (Å²) in [6.45, 7) is -0.109. The summed E-state index contributed by atoms with van der Waals surface area (Å²) in [5.41, 5.74) is -0.213. The number of carboxylic acids is 1. The number of β-amino-alcohol motifs (C(OH)–C–C–N with tert-alkyl or cyclic N) is 1. The van der Waals surface area contributed by atoms with Gasteiger partial charge in [0, 0.05) is 17.4 Å². The van der Waals surface area contributed by atoms with Crippen LogP contribution in [-0.2, 0) is 4.79 Å². The molecule has 2 unspecified atom stereocenters. The van der Waals surface area contributed by atoms with E-state index < -0.39 is 29.8 Å². The minimum atomic E-state index is -1.21. The Morgan fingerprint density at radius 2 is 2.11 bits per heavy atom. The molecule has 2 atom stereocenters. The third kappa shape index (κ3) is 2.76. The van der Waals surface area contributed by atoms with Crippen LogP contribution in [-0.4, -0.2) is 45.7 Å². The van der Waals surface area contributed by atoms with Crippen molar-refractivity contribution < 1.29 is 24.2 Å². The van der Waals surface area contributed by atoms with Crippen molar-refractivity contribution in [1.82, 2.24) is 4.90 Å². The van der Waals surface area contributed by atoms with Crippen LogP contribution in [0.2, 0.25) is 0 Å². The first-order valence-electron chi connectivity index (χ1n) is 5.57. The molecule has 1 aromatic carbocycles. The Balaban J connectivity index is 2.33. The van der Waals surface area contributed by atoms with Gasteiger partial charge in [-0.2, -0.15) is 0 Å². The number of nitrogens with zero attached hydrogens (tertiary/aromatic N) is 1. The summed E-state index contributed by atoms with van der Waals surface area (Å²) < 4.78 is 14.1. The maximum absolute atomic E-state index is 13.6. The number of carbonyl (C=O) groups is 2. The van der Waals surface area contributed by atoms with Crippen LogP contribution in [0.15, 0.2) is 22.7 Å². The molecule has 2 N–H and O–H groups in total. The van der Waals surface area contributed by atoms with Gasteiger partial charge in [0.05, 0.1) is 11.7 Å². The molecular weight excluding hydrogens is 321 g/mol. The van der Waals surface area contributed by atoms with E-state index in [4.69, 9.17) is 5.11 Å². The number of aliphatic hydroxyl groups excluding tert-OH is 1. The quantitative estimate of drug-likeness (QED) is 0.854. The van der Waals surface area contributed by atoms with Crippen LogP contribution in [0.1, 0.15) is 16.8 Å². The smallest absolute Gasteiger partial charge is 0.326 e. The molecule has 1 fully saturated rings. The highest BCUT2D eigenvalue weighted by atomic mass is 79.9. The lowest BCUT2D eigenvalue weighted by atomic mass is 10.1. The molecule has 102 valence electrons. The molecule has 0 aliphatic carbocycles. The third-order valence-corrected chi connectivity index (χ3v) is 3.48. The van der Waals surface area contributed by atoms with E-state index in [0.29, 0.717) is 4.47 Å². The Bertz CT molecular complexity index is 536. The van der Waals surface area contributed by atoms with Crippen molar-refractivity contribution in [3.8, 4) is 0 Å². The zero-order chi connectivity index (χ0) is 14.2. The summed E-state index contributed by atoms with van der Waals surface area (Å²) in [7, 11) is 0. The highest BCUT2D eigenvalue weighted by Crippen LogP contribution is 2.23. The van der Waals surface area contributed by atoms with Crippen LogP contribution >= 0.6 is 15.9 Å². The second kappa shape index (κ2) is 5.26. The lowest BCUT2D eigenvalue weighted by Crippen LogP contribution is -2.40. The van der Waals surface area contributed by atoms with E-state index in [1.54, 1.807) is 0 Å². The predicted octanol–water partition coefficient (Wildman–Crippen LogP) is 1.25. The number of benzene rings is 1. The van der Waals surface area contributed by atoms with Gasteiger partial charge in [-0.15, -0.1) is 0 Å². The number of hydrogen-bond acceptors (Lipinski definition) is 3. The van der Waals surface area contributed by atoms with Gasteiger partial charge in [0.15, 0.2) is 0 Å². The van der Waals surface area contributed by atoms with Gasteiger partial charge in [-0.3, -0.25) is 4.79 Å². The van der Waals surface area contributed by atoms with Crippen molar-refractivity contribution >= 4 is 27.8 Å². The minimum absolute atomic E-state index is 0.0449. The molecule has 5 nitrogen and oxygen atoms in total. The molecule has 7 heteroatoms. The minimum Gasteiger partial charge on any atom is -0.480 e. The fourth-order valence-electron chi connectivity index (χ4n) is 2.09. The van der Waals surface area contributed by atoms with Crippen molar-refractivity contribution in [2.75, 3.05) is 6.54 Å². The Kier molecular flexibility index (Phi) is 3.86. The van der Waals surface area contributed by atoms with Crippen LogP contribution in [0.5, 0.6) is 0 Å². The van der Waals surface area contributed by atoms with Crippen LogP contribution in [0, 0.1) is 5.82 Å². The summed E-state index contributed by atoms with van der Waals surface area (Å²) in [5, 5.41) is 18.5. The second-order valence-corrected chi connectivity index (χ2v) is 5.24. The van der Waals surface area contributed by atoms with Gasteiger partial charge in [0.25, 0.3) is 5.91 Å². The fourth-order valence-corrected chi connectivity index (χ4v) is 2.45. The number of carboxylic acid groups (broad SMARTS) is 1. The molecule has 1 saturated heterocycles. The number of hydrogen-bond donors (Lipinski definition) is 2. The van der Waals surface area contributed by atoms with Gasteiger partial charge in [-0.1, -0.05) is 15.9 Å². The Morgan fingerprint density at radius 1 is 1.42 bits per heavy atom. The van der Waals surface area contributed by atoms with Crippen LogP contribution < -0.4 is 0 Å². The fraction of sp³-hybridized carbons (Fsp3) is 0.333. The van der Waals surface area contributed by atoms with Gasteiger partial charge in [-0.05, 0) is 18.2 Å². The van der Waals surface area contributed by atoms with Crippen molar-refractivity contribution in [1.29, 1.82) is 0 Å². The topological polar surface area (TPSA) is 77.8 Å². The van der Waals surface area contributed by atoms with Gasteiger partial charge in [0.2, 0.25) is 0 Å². The van der Waals surface area contributed by atoms with Crippen LogP contribution in [0.25, 0.3) is 0 Å². The Hall–Kier alpha value is -1.47. The standard InChI is InChI=1S/C12H11BrFNO4/c13-6-1-2-9(14)8(3-6)11(17)15-5-7(16)4-10(15)12(18)19/h1-3,7,10,16H,4-5H2,(H,18,19). The van der Waals surface area contributed by atoms with E-state index in [0.717, 1.165) is 11.0 Å². The molecule has 0 bridgehead atoms. The van der Waals surface area contributed by atoms with Crippen molar-refractivity contribution in [3.05, 3.63) is 34.1 Å². The molecule has 0 aromatic heterocycles. The van der Waals surface area contributed by atoms with E-state index in [1.807, 2.05) is 0 Å². The van der Waals surface area contributed by atoms with Gasteiger partial charge >= 0.3 is 5.97 Å². The highest BCUT2D eigenvalue weighted by molar-refractivity contribution is 9.10. The summed E-state index contributed by atoms with van der Waals surface area (Å²) in [6, 6.07) is 2.74.